The molecule has 6 rings (SSSR count). The smallest absolute Gasteiger partial charge is 0.448 e. The van der Waals surface area contributed by atoms with Gasteiger partial charge in [-0.15, -0.1) is 0 Å². The summed E-state index contributed by atoms with van der Waals surface area (Å²) in [5.74, 6) is -0.574. The molecule has 0 spiro atoms. The number of rotatable bonds is 5. The molecule has 1 unspecified atom stereocenters. The van der Waals surface area contributed by atoms with E-state index in [1.807, 2.05) is 48.5 Å². The van der Waals surface area contributed by atoms with Gasteiger partial charge in [-0.05, 0) is 53.1 Å². The molecule has 0 radical (unpaired) electrons. The molecule has 1 fully saturated rings. The average Bonchev–Trinajstić information content (AvgIpc) is 3.54. The third-order valence-electron chi connectivity index (χ3n) is 7.81. The van der Waals surface area contributed by atoms with Crippen molar-refractivity contribution in [3.05, 3.63) is 89.0 Å². The van der Waals surface area contributed by atoms with Crippen LogP contribution in [0.2, 0.25) is 0 Å². The summed E-state index contributed by atoms with van der Waals surface area (Å²) in [5.41, 5.74) is -0.395. The molecular weight excluding hydrogens is 547 g/mol. The maximum absolute atomic E-state index is 13.4. The van der Waals surface area contributed by atoms with Gasteiger partial charge in [0.05, 0.1) is 12.6 Å². The Morgan fingerprint density at radius 3 is 2.33 bits per heavy atom. The van der Waals surface area contributed by atoms with Crippen molar-refractivity contribution in [2.75, 3.05) is 19.8 Å². The van der Waals surface area contributed by atoms with Crippen LogP contribution in [0.4, 0.5) is 18.0 Å². The van der Waals surface area contributed by atoms with E-state index < -0.39 is 39.6 Å². The van der Waals surface area contributed by atoms with Gasteiger partial charge in [0.25, 0.3) is 0 Å². The van der Waals surface area contributed by atoms with Crippen molar-refractivity contribution in [2.24, 2.45) is 0 Å². The number of hydrogen-bond donors (Lipinski definition) is 0. The van der Waals surface area contributed by atoms with Gasteiger partial charge in [-0.1, -0.05) is 60.7 Å². The van der Waals surface area contributed by atoms with Gasteiger partial charge in [0, 0.05) is 18.0 Å². The summed E-state index contributed by atoms with van der Waals surface area (Å²) in [6.45, 7) is 0.763. The van der Waals surface area contributed by atoms with Gasteiger partial charge in [-0.25, -0.2) is 4.79 Å². The molecule has 0 saturated carbocycles. The van der Waals surface area contributed by atoms with E-state index in [4.69, 9.17) is 9.47 Å². The second-order valence-electron chi connectivity index (χ2n) is 10.1. The van der Waals surface area contributed by atoms with Crippen LogP contribution < -0.4 is 4.18 Å². The molecule has 11 heteroatoms. The quantitative estimate of drug-likeness (QED) is 0.278. The number of nitrogens with zero attached hydrogens (tertiary/aromatic N) is 1. The molecule has 3 aromatic carbocycles. The summed E-state index contributed by atoms with van der Waals surface area (Å²) in [6, 6.07) is 19.7. The first-order valence-corrected chi connectivity index (χ1v) is 14.4. The van der Waals surface area contributed by atoms with Crippen molar-refractivity contribution in [1.29, 1.82) is 0 Å². The van der Waals surface area contributed by atoms with Crippen molar-refractivity contribution < 1.29 is 40.0 Å². The molecule has 0 aromatic heterocycles. The van der Waals surface area contributed by atoms with E-state index in [2.05, 4.69) is 4.18 Å². The highest BCUT2D eigenvalue weighted by Gasteiger charge is 2.50. The van der Waals surface area contributed by atoms with Crippen LogP contribution in [0.15, 0.2) is 66.7 Å². The Bertz CT molecular complexity index is 1510. The van der Waals surface area contributed by atoms with E-state index in [9.17, 15) is 26.4 Å². The number of amides is 1. The molecule has 2 heterocycles. The van der Waals surface area contributed by atoms with Gasteiger partial charge in [-0.3, -0.25) is 0 Å². The highest BCUT2D eigenvalue weighted by Crippen LogP contribution is 2.45. The number of fused-ring (bicyclic) bond motifs is 4. The molecule has 210 valence electrons. The highest BCUT2D eigenvalue weighted by atomic mass is 32.2. The molecule has 3 aliphatic rings. The third kappa shape index (κ3) is 4.60. The minimum Gasteiger partial charge on any atom is -0.448 e. The summed E-state index contributed by atoms with van der Waals surface area (Å²) >= 11 is 0. The van der Waals surface area contributed by atoms with Crippen molar-refractivity contribution in [1.82, 2.24) is 4.90 Å². The zero-order valence-corrected chi connectivity index (χ0v) is 22.1. The summed E-state index contributed by atoms with van der Waals surface area (Å²) < 4.78 is 79.3. The van der Waals surface area contributed by atoms with Crippen LogP contribution >= 0.6 is 0 Å². The van der Waals surface area contributed by atoms with Crippen LogP contribution in [-0.4, -0.2) is 50.7 Å². The number of alkyl halides is 3. The Morgan fingerprint density at radius 1 is 0.975 bits per heavy atom. The molecule has 2 atom stereocenters. The first-order valence-electron chi connectivity index (χ1n) is 13.0. The number of carbonyl (C=O) groups is 1. The lowest BCUT2D eigenvalue weighted by Gasteiger charge is -2.35. The number of benzene rings is 3. The fourth-order valence-corrected chi connectivity index (χ4v) is 6.54. The molecular formula is C29H26F3NO6S. The highest BCUT2D eigenvalue weighted by molar-refractivity contribution is 7.88. The fourth-order valence-electron chi connectivity index (χ4n) is 6.06. The molecule has 7 nitrogen and oxygen atoms in total. The Hall–Kier alpha value is -3.57. The average molecular weight is 574 g/mol. The van der Waals surface area contributed by atoms with Crippen LogP contribution in [0.25, 0.3) is 11.1 Å². The van der Waals surface area contributed by atoms with Gasteiger partial charge in [0.2, 0.25) is 0 Å². The van der Waals surface area contributed by atoms with E-state index in [-0.39, 0.29) is 24.7 Å². The van der Waals surface area contributed by atoms with Crippen molar-refractivity contribution in [2.45, 2.75) is 42.8 Å². The van der Waals surface area contributed by atoms with Crippen molar-refractivity contribution in [3.8, 4) is 16.9 Å². The molecule has 1 aliphatic carbocycles. The summed E-state index contributed by atoms with van der Waals surface area (Å²) in [4.78, 5) is 14.9. The maximum Gasteiger partial charge on any atom is 0.534 e. The zero-order valence-electron chi connectivity index (χ0n) is 21.3. The molecule has 40 heavy (non-hydrogen) atoms. The van der Waals surface area contributed by atoms with E-state index in [1.165, 1.54) is 17.0 Å². The van der Waals surface area contributed by atoms with Crippen LogP contribution in [0.3, 0.4) is 0 Å². The second-order valence-corrected chi connectivity index (χ2v) is 11.6. The summed E-state index contributed by atoms with van der Waals surface area (Å²) in [5, 5.41) is 0. The van der Waals surface area contributed by atoms with Gasteiger partial charge in [-0.2, -0.15) is 21.6 Å². The van der Waals surface area contributed by atoms with Crippen LogP contribution in [0.5, 0.6) is 5.75 Å². The van der Waals surface area contributed by atoms with E-state index >= 15 is 0 Å². The zero-order chi connectivity index (χ0) is 28.1. The van der Waals surface area contributed by atoms with Gasteiger partial charge < -0.3 is 18.6 Å². The number of ether oxygens (including phenoxy) is 2. The van der Waals surface area contributed by atoms with Gasteiger partial charge in [0.15, 0.2) is 0 Å². The van der Waals surface area contributed by atoms with Crippen LogP contribution in [-0.2, 0) is 26.0 Å². The summed E-state index contributed by atoms with van der Waals surface area (Å²) in [6.07, 6.45) is 0.0859. The Balaban J connectivity index is 1.24. The Kier molecular flexibility index (Phi) is 6.74. The molecule has 2 aliphatic heterocycles. The molecule has 1 saturated heterocycles. The first kappa shape index (κ1) is 26.6. The topological polar surface area (TPSA) is 82.1 Å². The standard InChI is InChI=1S/C29H26F3NO6S/c30-29(31,32)40(35,36)39-25-13-5-7-18-14-16-37-27(26(18)25)24-12-6-15-33(24)28(34)38-17-23-21-10-3-1-8-19(21)20-9-2-4-11-22(20)23/h1-5,7-11,13,23-24,27H,6,12,14-17H2/t24?,27-/m1/s1. The largest absolute Gasteiger partial charge is 0.534 e. The predicted molar refractivity (Wildman–Crippen MR) is 139 cm³/mol. The lowest BCUT2D eigenvalue weighted by molar-refractivity contribution is -0.0503. The lowest BCUT2D eigenvalue weighted by Crippen LogP contribution is -2.42. The van der Waals surface area contributed by atoms with Crippen LogP contribution in [0.1, 0.15) is 47.1 Å². The van der Waals surface area contributed by atoms with E-state index in [0.717, 1.165) is 22.3 Å². The second kappa shape index (κ2) is 10.1. The van der Waals surface area contributed by atoms with Gasteiger partial charge >= 0.3 is 21.7 Å². The molecule has 0 N–H and O–H groups in total. The monoisotopic (exact) mass is 573 g/mol. The van der Waals surface area contributed by atoms with Crippen molar-refractivity contribution >= 4 is 16.2 Å². The SMILES string of the molecule is O=C(OCC1c2ccccc2-c2ccccc21)N1CCCC1[C@H]1OCCc2cccc(OS(=O)(=O)C(F)(F)F)c21. The van der Waals surface area contributed by atoms with E-state index in [0.29, 0.717) is 31.4 Å². The minimum atomic E-state index is -5.89. The maximum atomic E-state index is 13.4. The molecule has 1 amide bonds. The van der Waals surface area contributed by atoms with Crippen LogP contribution in [0, 0.1) is 0 Å². The van der Waals surface area contributed by atoms with Gasteiger partial charge in [0.1, 0.15) is 18.5 Å². The minimum absolute atomic E-state index is 0.121. The molecule has 3 aromatic rings. The first-order chi connectivity index (χ1) is 19.2. The Morgan fingerprint density at radius 2 is 1.65 bits per heavy atom. The normalized spacial score (nSPS) is 20.5. The lowest BCUT2D eigenvalue weighted by atomic mass is 9.91. The van der Waals surface area contributed by atoms with Crippen molar-refractivity contribution in [3.63, 3.8) is 0 Å². The third-order valence-corrected chi connectivity index (χ3v) is 8.78. The number of hydrogen-bond acceptors (Lipinski definition) is 6. The molecule has 0 bridgehead atoms. The predicted octanol–water partition coefficient (Wildman–Crippen LogP) is 5.94. The fraction of sp³-hybridized carbons (Fsp3) is 0.345. The number of carbonyl (C=O) groups excluding carboxylic acids is 1. The summed E-state index contributed by atoms with van der Waals surface area (Å²) in [7, 11) is -5.89. The number of halogens is 3. The number of likely N-dealkylation sites (tertiary alicyclic amines) is 1. The van der Waals surface area contributed by atoms with E-state index in [1.54, 1.807) is 6.07 Å². The Labute approximate surface area is 229 Å².